The van der Waals surface area contributed by atoms with Crippen LogP contribution in [0.1, 0.15) is 23.7 Å². The molecule has 3 nitrogen and oxygen atoms in total. The van der Waals surface area contributed by atoms with Gasteiger partial charge in [-0.2, -0.15) is 18.3 Å². The third-order valence-corrected chi connectivity index (χ3v) is 2.13. The predicted octanol–water partition coefficient (Wildman–Crippen LogP) is 1.24. The molecule has 3 N–H and O–H groups in total. The monoisotopic (exact) mass is 191 g/mol. The predicted molar refractivity (Wildman–Crippen MR) is 38.9 cm³/mol. The van der Waals surface area contributed by atoms with Gasteiger partial charge in [0.05, 0.1) is 0 Å². The molecular formula is C7H8F3N3. The Morgan fingerprint density at radius 3 is 2.54 bits per heavy atom. The maximum Gasteiger partial charge on any atom is 0.435 e. The van der Waals surface area contributed by atoms with E-state index in [1.165, 1.54) is 0 Å². The molecule has 0 radical (unpaired) electrons. The molecule has 1 aromatic rings. The molecule has 1 aliphatic carbocycles. The second-order valence-electron chi connectivity index (χ2n) is 3.21. The molecule has 2 rings (SSSR count). The number of hydrogen-bond acceptors (Lipinski definition) is 2. The molecule has 0 bridgehead atoms. The zero-order valence-corrected chi connectivity index (χ0v) is 6.60. The van der Waals surface area contributed by atoms with E-state index in [0.29, 0.717) is 5.69 Å². The Morgan fingerprint density at radius 2 is 2.15 bits per heavy atom. The standard InChI is InChI=1S/C7H8F3N3/c8-7(9,10)6-2-5(12-13-6)3-1-4(3)11/h2-4H,1,11H2,(H,12,13). The lowest BCUT2D eigenvalue weighted by molar-refractivity contribution is -0.141. The molecule has 72 valence electrons. The average Bonchev–Trinajstić information content (AvgIpc) is 2.57. The van der Waals surface area contributed by atoms with Gasteiger partial charge in [0.1, 0.15) is 0 Å². The van der Waals surface area contributed by atoms with Gasteiger partial charge >= 0.3 is 6.18 Å². The molecule has 0 aromatic carbocycles. The maximum absolute atomic E-state index is 12.1. The fourth-order valence-electron chi connectivity index (χ4n) is 1.24. The van der Waals surface area contributed by atoms with Crippen molar-refractivity contribution in [3.63, 3.8) is 0 Å². The highest BCUT2D eigenvalue weighted by molar-refractivity contribution is 5.23. The van der Waals surface area contributed by atoms with Crippen molar-refractivity contribution in [2.75, 3.05) is 0 Å². The first-order valence-corrected chi connectivity index (χ1v) is 3.86. The van der Waals surface area contributed by atoms with Gasteiger partial charge in [0, 0.05) is 17.7 Å². The molecule has 0 aliphatic heterocycles. The largest absolute Gasteiger partial charge is 0.435 e. The minimum atomic E-state index is -4.37. The Morgan fingerprint density at radius 1 is 1.54 bits per heavy atom. The van der Waals surface area contributed by atoms with Crippen LogP contribution in [-0.2, 0) is 6.18 Å². The quantitative estimate of drug-likeness (QED) is 0.701. The highest BCUT2D eigenvalue weighted by Gasteiger charge is 2.40. The van der Waals surface area contributed by atoms with Crippen molar-refractivity contribution in [2.45, 2.75) is 24.6 Å². The molecule has 1 aliphatic rings. The summed E-state index contributed by atoms with van der Waals surface area (Å²) in [6.07, 6.45) is -3.63. The lowest BCUT2D eigenvalue weighted by atomic mass is 10.2. The number of nitrogens with zero attached hydrogens (tertiary/aromatic N) is 1. The minimum absolute atomic E-state index is 0.0125. The molecule has 0 amide bonds. The molecule has 0 saturated heterocycles. The SMILES string of the molecule is NC1CC1c1cc(C(F)(F)F)n[nH]1. The molecule has 1 heterocycles. The van der Waals surface area contributed by atoms with E-state index in [1.807, 2.05) is 0 Å². The van der Waals surface area contributed by atoms with Crippen molar-refractivity contribution in [3.8, 4) is 0 Å². The Kier molecular flexibility index (Phi) is 1.63. The first-order valence-electron chi connectivity index (χ1n) is 3.86. The van der Waals surface area contributed by atoms with Gasteiger partial charge < -0.3 is 5.73 Å². The fourth-order valence-corrected chi connectivity index (χ4v) is 1.24. The zero-order chi connectivity index (χ0) is 9.64. The van der Waals surface area contributed by atoms with Crippen LogP contribution in [-0.4, -0.2) is 16.2 Å². The van der Waals surface area contributed by atoms with Crippen LogP contribution in [0, 0.1) is 0 Å². The number of nitrogens with one attached hydrogen (secondary N) is 1. The van der Waals surface area contributed by atoms with Crippen LogP contribution in [0.2, 0.25) is 0 Å². The molecular weight excluding hydrogens is 183 g/mol. The highest BCUT2D eigenvalue weighted by Crippen LogP contribution is 2.39. The third-order valence-electron chi connectivity index (χ3n) is 2.13. The van der Waals surface area contributed by atoms with E-state index >= 15 is 0 Å². The van der Waals surface area contributed by atoms with E-state index in [9.17, 15) is 13.2 Å². The third kappa shape index (κ3) is 1.53. The van der Waals surface area contributed by atoms with E-state index in [0.717, 1.165) is 12.5 Å². The summed E-state index contributed by atoms with van der Waals surface area (Å²) in [7, 11) is 0. The van der Waals surface area contributed by atoms with Crippen molar-refractivity contribution >= 4 is 0 Å². The van der Waals surface area contributed by atoms with Gasteiger partial charge in [0.25, 0.3) is 0 Å². The van der Waals surface area contributed by atoms with Crippen LogP contribution >= 0.6 is 0 Å². The maximum atomic E-state index is 12.1. The lowest BCUT2D eigenvalue weighted by Gasteiger charge is -1.98. The van der Waals surface area contributed by atoms with Crippen LogP contribution in [0.5, 0.6) is 0 Å². The van der Waals surface area contributed by atoms with Gasteiger partial charge in [-0.3, -0.25) is 5.10 Å². The topological polar surface area (TPSA) is 54.7 Å². The van der Waals surface area contributed by atoms with Crippen molar-refractivity contribution < 1.29 is 13.2 Å². The molecule has 1 saturated carbocycles. The summed E-state index contributed by atoms with van der Waals surface area (Å²) in [5.41, 5.74) is 5.10. The first-order chi connectivity index (χ1) is 5.98. The van der Waals surface area contributed by atoms with E-state index in [1.54, 1.807) is 0 Å². The smallest absolute Gasteiger partial charge is 0.327 e. The Balaban J connectivity index is 2.19. The molecule has 6 heteroatoms. The number of halogens is 3. The summed E-state index contributed by atoms with van der Waals surface area (Å²) in [5.74, 6) is 0.0311. The van der Waals surface area contributed by atoms with Crippen LogP contribution in [0.4, 0.5) is 13.2 Å². The van der Waals surface area contributed by atoms with Crippen molar-refractivity contribution in [2.24, 2.45) is 5.73 Å². The highest BCUT2D eigenvalue weighted by atomic mass is 19.4. The summed E-state index contributed by atoms with van der Waals surface area (Å²) in [5, 5.41) is 5.53. The van der Waals surface area contributed by atoms with Crippen molar-refractivity contribution in [1.29, 1.82) is 0 Å². The van der Waals surface area contributed by atoms with E-state index < -0.39 is 11.9 Å². The Hall–Kier alpha value is -1.04. The summed E-state index contributed by atoms with van der Waals surface area (Å²) in [4.78, 5) is 0. The number of H-pyrrole nitrogens is 1. The molecule has 13 heavy (non-hydrogen) atoms. The average molecular weight is 191 g/mol. The molecule has 0 spiro atoms. The van der Waals surface area contributed by atoms with Crippen LogP contribution in [0.15, 0.2) is 6.07 Å². The fraction of sp³-hybridized carbons (Fsp3) is 0.571. The number of alkyl halides is 3. The minimum Gasteiger partial charge on any atom is -0.327 e. The van der Waals surface area contributed by atoms with Gasteiger partial charge in [-0.1, -0.05) is 0 Å². The van der Waals surface area contributed by atoms with Gasteiger partial charge in [-0.05, 0) is 12.5 Å². The van der Waals surface area contributed by atoms with Gasteiger partial charge in [0.2, 0.25) is 0 Å². The van der Waals surface area contributed by atoms with Gasteiger partial charge in [0.15, 0.2) is 5.69 Å². The van der Waals surface area contributed by atoms with Crippen molar-refractivity contribution in [1.82, 2.24) is 10.2 Å². The lowest BCUT2D eigenvalue weighted by Crippen LogP contribution is -2.04. The van der Waals surface area contributed by atoms with Crippen LogP contribution in [0.25, 0.3) is 0 Å². The van der Waals surface area contributed by atoms with Crippen LogP contribution in [0.3, 0.4) is 0 Å². The molecule has 2 atom stereocenters. The van der Waals surface area contributed by atoms with Gasteiger partial charge in [-0.25, -0.2) is 0 Å². The summed E-state index contributed by atoms with van der Waals surface area (Å²) < 4.78 is 36.2. The first kappa shape index (κ1) is 8.55. The number of rotatable bonds is 1. The second-order valence-corrected chi connectivity index (χ2v) is 3.21. The zero-order valence-electron chi connectivity index (χ0n) is 6.60. The number of hydrogen-bond donors (Lipinski definition) is 2. The summed E-state index contributed by atoms with van der Waals surface area (Å²) in [6.45, 7) is 0. The normalized spacial score (nSPS) is 27.7. The van der Waals surface area contributed by atoms with Crippen molar-refractivity contribution in [3.05, 3.63) is 17.5 Å². The van der Waals surface area contributed by atoms with Gasteiger partial charge in [-0.15, -0.1) is 0 Å². The van der Waals surface area contributed by atoms with E-state index in [2.05, 4.69) is 10.2 Å². The Labute approximate surface area is 72.1 Å². The molecule has 2 unspecified atom stereocenters. The molecule has 1 aromatic heterocycles. The number of aromatic nitrogens is 2. The molecule has 1 fully saturated rings. The number of nitrogens with two attached hydrogens (primary N) is 1. The summed E-state index contributed by atoms with van der Waals surface area (Å²) >= 11 is 0. The van der Waals surface area contributed by atoms with E-state index in [-0.39, 0.29) is 12.0 Å². The number of aromatic amines is 1. The van der Waals surface area contributed by atoms with E-state index in [4.69, 9.17) is 5.73 Å². The Bertz CT molecular complexity index is 317. The summed E-state index contributed by atoms with van der Waals surface area (Å²) in [6, 6.07) is 1.01. The van der Waals surface area contributed by atoms with Crippen LogP contribution < -0.4 is 5.73 Å². The second kappa shape index (κ2) is 2.47.